The molecule has 3 aromatic carbocycles. The van der Waals surface area contributed by atoms with Gasteiger partial charge in [0.05, 0.1) is 5.69 Å². The van der Waals surface area contributed by atoms with Crippen LogP contribution in [0.25, 0.3) is 5.69 Å². The second kappa shape index (κ2) is 9.52. The molecular formula is C26H22FN5O3. The summed E-state index contributed by atoms with van der Waals surface area (Å²) in [4.78, 5) is 25.9. The lowest BCUT2D eigenvalue weighted by Gasteiger charge is -2.13. The molecule has 0 spiro atoms. The summed E-state index contributed by atoms with van der Waals surface area (Å²) in [6, 6.07) is 18.7. The highest BCUT2D eigenvalue weighted by Crippen LogP contribution is 2.33. The van der Waals surface area contributed by atoms with Gasteiger partial charge in [0, 0.05) is 40.6 Å². The maximum atomic E-state index is 14.7. The summed E-state index contributed by atoms with van der Waals surface area (Å²) in [5.41, 5.74) is 13.4. The average Bonchev–Trinajstić information content (AvgIpc) is 2.83. The number of carbonyl (C=O) groups excluding carboxylic acids is 1. The third-order valence-electron chi connectivity index (χ3n) is 5.32. The molecule has 1 heterocycles. The molecule has 35 heavy (non-hydrogen) atoms. The number of aryl methyl sites for hydroxylation is 1. The lowest BCUT2D eigenvalue weighted by atomic mass is 10.1. The summed E-state index contributed by atoms with van der Waals surface area (Å²) >= 11 is 0. The number of nitrogens with zero attached hydrogens (tertiary/aromatic N) is 1. The number of anilines is 3. The highest BCUT2D eigenvalue weighted by Gasteiger charge is 2.17. The fourth-order valence-corrected chi connectivity index (χ4v) is 3.52. The third kappa shape index (κ3) is 4.74. The second-order valence-electron chi connectivity index (χ2n) is 7.73. The summed E-state index contributed by atoms with van der Waals surface area (Å²) in [6.07, 6.45) is 1.04. The number of rotatable bonds is 6. The first-order chi connectivity index (χ1) is 16.8. The molecule has 0 saturated carbocycles. The smallest absolute Gasteiger partial charge is 0.268 e. The van der Waals surface area contributed by atoms with E-state index in [2.05, 4.69) is 5.32 Å². The highest BCUT2D eigenvalue weighted by molar-refractivity contribution is 6.04. The van der Waals surface area contributed by atoms with E-state index in [1.54, 1.807) is 37.3 Å². The molecule has 1 aromatic heterocycles. The maximum Gasteiger partial charge on any atom is 0.268 e. The van der Waals surface area contributed by atoms with Crippen molar-refractivity contribution in [1.29, 1.82) is 5.41 Å². The van der Waals surface area contributed by atoms with Gasteiger partial charge in [0.15, 0.2) is 17.3 Å². The number of benzene rings is 3. The van der Waals surface area contributed by atoms with E-state index in [1.807, 2.05) is 6.07 Å². The van der Waals surface area contributed by atoms with Crippen molar-refractivity contribution >= 4 is 29.2 Å². The van der Waals surface area contributed by atoms with Crippen molar-refractivity contribution in [1.82, 2.24) is 4.57 Å². The van der Waals surface area contributed by atoms with Gasteiger partial charge in [-0.05, 0) is 55.5 Å². The third-order valence-corrected chi connectivity index (χ3v) is 5.32. The number of hydrogen-bond acceptors (Lipinski definition) is 6. The number of carbonyl (C=O) groups is 1. The van der Waals surface area contributed by atoms with Crippen LogP contribution in [0.5, 0.6) is 11.5 Å². The van der Waals surface area contributed by atoms with Gasteiger partial charge in [0.2, 0.25) is 0 Å². The normalized spacial score (nSPS) is 10.6. The van der Waals surface area contributed by atoms with Crippen molar-refractivity contribution in [3.63, 3.8) is 0 Å². The summed E-state index contributed by atoms with van der Waals surface area (Å²) < 4.78 is 21.7. The topological polar surface area (TPSA) is 136 Å². The van der Waals surface area contributed by atoms with Crippen LogP contribution in [0.4, 0.5) is 21.5 Å². The number of ether oxygens (including phenoxy) is 1. The van der Waals surface area contributed by atoms with Crippen molar-refractivity contribution in [3.8, 4) is 17.2 Å². The number of hydrogen-bond donors (Lipinski definition) is 4. The van der Waals surface area contributed by atoms with Crippen molar-refractivity contribution in [3.05, 3.63) is 106 Å². The van der Waals surface area contributed by atoms with Crippen LogP contribution in [-0.4, -0.2) is 16.7 Å². The molecule has 176 valence electrons. The molecule has 0 aliphatic carbocycles. The van der Waals surface area contributed by atoms with Gasteiger partial charge in [-0.1, -0.05) is 18.2 Å². The number of nitrogens with two attached hydrogens (primary N) is 2. The Kier molecular flexibility index (Phi) is 6.32. The van der Waals surface area contributed by atoms with E-state index in [9.17, 15) is 14.0 Å². The molecule has 0 aliphatic heterocycles. The van der Waals surface area contributed by atoms with Crippen LogP contribution in [0.15, 0.2) is 77.6 Å². The Bertz CT molecular complexity index is 1500. The van der Waals surface area contributed by atoms with E-state index in [4.69, 9.17) is 21.6 Å². The average molecular weight is 471 g/mol. The Labute approximate surface area is 200 Å². The van der Waals surface area contributed by atoms with E-state index in [1.165, 1.54) is 34.9 Å². The van der Waals surface area contributed by atoms with E-state index >= 15 is 0 Å². The molecule has 8 nitrogen and oxygen atoms in total. The lowest BCUT2D eigenvalue weighted by molar-refractivity contribution is 0.102. The van der Waals surface area contributed by atoms with Gasteiger partial charge < -0.3 is 26.9 Å². The number of halogens is 1. The second-order valence-corrected chi connectivity index (χ2v) is 7.73. The first-order valence-electron chi connectivity index (χ1n) is 10.5. The molecule has 4 rings (SSSR count). The molecule has 4 aromatic rings. The number of aromatic nitrogens is 1. The minimum atomic E-state index is -0.763. The van der Waals surface area contributed by atoms with Crippen LogP contribution in [0.3, 0.4) is 0 Å². The van der Waals surface area contributed by atoms with E-state index < -0.39 is 17.3 Å². The zero-order valence-electron chi connectivity index (χ0n) is 18.7. The van der Waals surface area contributed by atoms with E-state index in [0.717, 1.165) is 12.3 Å². The zero-order valence-corrected chi connectivity index (χ0v) is 18.7. The molecule has 0 atom stereocenters. The van der Waals surface area contributed by atoms with Crippen molar-refractivity contribution < 1.29 is 13.9 Å². The van der Waals surface area contributed by atoms with Crippen LogP contribution in [0.1, 0.15) is 21.6 Å². The van der Waals surface area contributed by atoms with E-state index in [-0.39, 0.29) is 28.4 Å². The number of pyridine rings is 1. The monoisotopic (exact) mass is 471 g/mol. The SMILES string of the molecule is Cc1ccc(C(=O)Nc2ccc(Oc3cc(C=N)c(N)cc3N)c(F)c2)c(=O)n1-c1ccccc1. The van der Waals surface area contributed by atoms with Crippen molar-refractivity contribution in [2.24, 2.45) is 0 Å². The predicted molar refractivity (Wildman–Crippen MR) is 134 cm³/mol. The number of nitrogen functional groups attached to an aromatic ring is 2. The van der Waals surface area contributed by atoms with Gasteiger partial charge in [0.25, 0.3) is 11.5 Å². The Morgan fingerprint density at radius 2 is 1.74 bits per heavy atom. The summed E-state index contributed by atoms with van der Waals surface area (Å²) in [7, 11) is 0. The maximum absolute atomic E-state index is 14.7. The quantitative estimate of drug-likeness (QED) is 0.243. The Balaban J connectivity index is 1.58. The fourth-order valence-electron chi connectivity index (χ4n) is 3.52. The van der Waals surface area contributed by atoms with Gasteiger partial charge in [-0.25, -0.2) is 4.39 Å². The zero-order chi connectivity index (χ0) is 25.1. The minimum Gasteiger partial charge on any atom is -0.452 e. The predicted octanol–water partition coefficient (Wildman–Crippen LogP) is 4.49. The molecule has 0 unspecified atom stereocenters. The van der Waals surface area contributed by atoms with Crippen LogP contribution in [0, 0.1) is 18.2 Å². The molecule has 0 aliphatic rings. The number of amides is 1. The molecular weight excluding hydrogens is 449 g/mol. The lowest BCUT2D eigenvalue weighted by Crippen LogP contribution is -2.29. The largest absolute Gasteiger partial charge is 0.452 e. The van der Waals surface area contributed by atoms with Crippen LogP contribution < -0.4 is 27.1 Å². The Morgan fingerprint density at radius 3 is 2.43 bits per heavy atom. The van der Waals surface area contributed by atoms with Gasteiger partial charge >= 0.3 is 0 Å². The first-order valence-corrected chi connectivity index (χ1v) is 10.5. The standard InChI is InChI=1S/C26H22FN5O3/c1-15-7-9-19(26(34)32(15)18-5-3-2-4-6-18)25(33)31-17-8-10-23(20(27)12-17)35-24-11-16(14-28)21(29)13-22(24)30/h2-14,28H,29-30H2,1H3,(H,31,33). The van der Waals surface area contributed by atoms with Gasteiger partial charge in [-0.2, -0.15) is 0 Å². The summed E-state index contributed by atoms with van der Waals surface area (Å²) in [5, 5.41) is 9.93. The number of nitrogens with one attached hydrogen (secondary N) is 2. The Hall–Kier alpha value is -4.92. The summed E-state index contributed by atoms with van der Waals surface area (Å²) in [5.74, 6) is -1.45. The highest BCUT2D eigenvalue weighted by atomic mass is 19.1. The van der Waals surface area contributed by atoms with Crippen LogP contribution in [0.2, 0.25) is 0 Å². The van der Waals surface area contributed by atoms with Gasteiger partial charge in [-0.3, -0.25) is 14.2 Å². The molecule has 9 heteroatoms. The molecule has 0 bridgehead atoms. The summed E-state index contributed by atoms with van der Waals surface area (Å²) in [6.45, 7) is 1.77. The van der Waals surface area contributed by atoms with Gasteiger partial charge in [0.1, 0.15) is 5.56 Å². The fraction of sp³-hybridized carbons (Fsp3) is 0.0385. The van der Waals surface area contributed by atoms with Crippen molar-refractivity contribution in [2.45, 2.75) is 6.92 Å². The molecule has 6 N–H and O–H groups in total. The molecule has 0 fully saturated rings. The molecule has 1 amide bonds. The molecule has 0 radical (unpaired) electrons. The van der Waals surface area contributed by atoms with Crippen LogP contribution in [-0.2, 0) is 0 Å². The van der Waals surface area contributed by atoms with E-state index in [0.29, 0.717) is 22.6 Å². The van der Waals surface area contributed by atoms with Gasteiger partial charge in [-0.15, -0.1) is 0 Å². The Morgan fingerprint density at radius 1 is 1.00 bits per heavy atom. The minimum absolute atomic E-state index is 0.0889. The first kappa shape index (κ1) is 23.2. The van der Waals surface area contributed by atoms with Crippen LogP contribution >= 0.6 is 0 Å². The molecule has 0 saturated heterocycles. The van der Waals surface area contributed by atoms with Crippen molar-refractivity contribution in [2.75, 3.05) is 16.8 Å². The number of para-hydroxylation sites is 1.